The summed E-state index contributed by atoms with van der Waals surface area (Å²) in [5.74, 6) is -0.490. The van der Waals surface area contributed by atoms with Crippen molar-refractivity contribution < 1.29 is 14.6 Å². The minimum Gasteiger partial charge on any atom is -0.465 e. The number of hydrogen-bond acceptors (Lipinski definition) is 5. The smallest absolute Gasteiger partial charge is 0.326 e. The van der Waals surface area contributed by atoms with Crippen LogP contribution in [0.25, 0.3) is 5.52 Å². The second-order valence-corrected chi connectivity index (χ2v) is 6.25. The van der Waals surface area contributed by atoms with Crippen molar-refractivity contribution in [1.29, 1.82) is 0 Å². The molecule has 1 saturated carbocycles. The van der Waals surface area contributed by atoms with Crippen LogP contribution in [0.3, 0.4) is 0 Å². The highest BCUT2D eigenvalue weighted by Gasteiger charge is 2.39. The van der Waals surface area contributed by atoms with Crippen LogP contribution >= 0.6 is 15.9 Å². The highest BCUT2D eigenvalue weighted by Crippen LogP contribution is 2.42. The minimum atomic E-state index is -0.929. The number of aliphatic hydroxyl groups is 1. The van der Waals surface area contributed by atoms with Gasteiger partial charge >= 0.3 is 5.97 Å². The van der Waals surface area contributed by atoms with E-state index in [0.717, 1.165) is 6.42 Å². The van der Waals surface area contributed by atoms with E-state index in [1.807, 2.05) is 0 Å². The Balaban J connectivity index is 2.07. The number of hydrogen-bond donors (Lipinski definition) is 1. The fourth-order valence-corrected chi connectivity index (χ4v) is 3.20. The Labute approximate surface area is 134 Å². The highest BCUT2D eigenvalue weighted by atomic mass is 79.9. The highest BCUT2D eigenvalue weighted by molar-refractivity contribution is 9.10. The third kappa shape index (κ3) is 2.36. The summed E-state index contributed by atoms with van der Waals surface area (Å²) in [5.41, 5.74) is -0.381. The van der Waals surface area contributed by atoms with E-state index in [0.29, 0.717) is 28.5 Å². The Morgan fingerprint density at radius 2 is 2.27 bits per heavy atom. The molecule has 0 radical (unpaired) electrons. The third-order valence-corrected chi connectivity index (χ3v) is 4.57. The zero-order chi connectivity index (χ0) is 15.9. The molecule has 0 saturated heterocycles. The van der Waals surface area contributed by atoms with Gasteiger partial charge in [-0.2, -0.15) is 5.10 Å². The van der Waals surface area contributed by atoms with Crippen LogP contribution < -0.4 is 5.56 Å². The summed E-state index contributed by atoms with van der Waals surface area (Å²) in [6, 6.07) is 1.72. The first-order valence-electron chi connectivity index (χ1n) is 7.11. The molecule has 7 nitrogen and oxygen atoms in total. The molecule has 2 aromatic heterocycles. The first kappa shape index (κ1) is 15.2. The van der Waals surface area contributed by atoms with E-state index in [1.54, 1.807) is 13.0 Å². The third-order valence-electron chi connectivity index (χ3n) is 3.96. The number of ether oxygens (including phenoxy) is 1. The quantitative estimate of drug-likeness (QED) is 0.818. The zero-order valence-electron chi connectivity index (χ0n) is 12.1. The molecule has 2 heterocycles. The van der Waals surface area contributed by atoms with Gasteiger partial charge in [0.25, 0.3) is 5.56 Å². The van der Waals surface area contributed by atoms with Crippen LogP contribution in [0.4, 0.5) is 0 Å². The van der Waals surface area contributed by atoms with E-state index in [4.69, 9.17) is 4.74 Å². The number of halogens is 1. The second-order valence-electron chi connectivity index (χ2n) is 5.39. The van der Waals surface area contributed by atoms with Gasteiger partial charge in [-0.25, -0.2) is 4.52 Å². The predicted molar refractivity (Wildman–Crippen MR) is 81.5 cm³/mol. The molecular weight excluding hydrogens is 354 g/mol. The zero-order valence-corrected chi connectivity index (χ0v) is 13.7. The number of carbonyl (C=O) groups is 1. The summed E-state index contributed by atoms with van der Waals surface area (Å²) in [6.07, 6.45) is 3.55. The lowest BCUT2D eigenvalue weighted by molar-refractivity contribution is -0.143. The van der Waals surface area contributed by atoms with E-state index in [9.17, 15) is 14.7 Å². The van der Waals surface area contributed by atoms with Crippen molar-refractivity contribution in [3.8, 4) is 0 Å². The van der Waals surface area contributed by atoms with Gasteiger partial charge in [-0.3, -0.25) is 14.2 Å². The standard InChI is InChI=1S/C14H16BrN3O4/c1-2-22-11(19)7-17-8-16-18-10(14(21)4-3-5-14)6-9(15)12(18)13(17)20/h6,8,21H,2-5,7H2,1H3. The molecule has 0 bridgehead atoms. The molecule has 0 atom stereocenters. The van der Waals surface area contributed by atoms with Crippen LogP contribution in [0.1, 0.15) is 31.9 Å². The maximum Gasteiger partial charge on any atom is 0.326 e. The van der Waals surface area contributed by atoms with E-state index in [2.05, 4.69) is 21.0 Å². The lowest BCUT2D eigenvalue weighted by atomic mass is 9.78. The van der Waals surface area contributed by atoms with Crippen molar-refractivity contribution in [3.05, 3.63) is 32.9 Å². The van der Waals surface area contributed by atoms with E-state index in [1.165, 1.54) is 15.4 Å². The molecule has 2 aromatic rings. The molecular formula is C14H16BrN3O4. The van der Waals surface area contributed by atoms with Crippen molar-refractivity contribution >= 4 is 27.4 Å². The number of fused-ring (bicyclic) bond motifs is 1. The SMILES string of the molecule is CCOC(=O)Cn1cnn2c(C3(O)CCC3)cc(Br)c2c1=O. The molecule has 1 aliphatic carbocycles. The number of rotatable bonds is 4. The summed E-state index contributed by atoms with van der Waals surface area (Å²) in [4.78, 5) is 24.1. The Kier molecular flexibility index (Phi) is 3.82. The molecule has 1 N–H and O–H groups in total. The van der Waals surface area contributed by atoms with Crippen molar-refractivity contribution in [3.63, 3.8) is 0 Å². The summed E-state index contributed by atoms with van der Waals surface area (Å²) in [7, 11) is 0. The summed E-state index contributed by atoms with van der Waals surface area (Å²) >= 11 is 3.34. The van der Waals surface area contributed by atoms with Gasteiger partial charge in [0, 0.05) is 0 Å². The number of carbonyl (C=O) groups excluding carboxylic acids is 1. The average Bonchev–Trinajstić information content (AvgIpc) is 2.78. The summed E-state index contributed by atoms with van der Waals surface area (Å²) < 4.78 is 8.05. The Morgan fingerprint density at radius 1 is 1.55 bits per heavy atom. The lowest BCUT2D eigenvalue weighted by Gasteiger charge is -2.35. The van der Waals surface area contributed by atoms with Crippen molar-refractivity contribution in [2.75, 3.05) is 6.61 Å². The molecule has 0 unspecified atom stereocenters. The maximum atomic E-state index is 12.5. The van der Waals surface area contributed by atoms with Gasteiger partial charge in [0.15, 0.2) is 0 Å². The molecule has 0 aliphatic heterocycles. The fourth-order valence-electron chi connectivity index (χ4n) is 2.64. The van der Waals surface area contributed by atoms with Crippen LogP contribution in [0.15, 0.2) is 21.7 Å². The van der Waals surface area contributed by atoms with Crippen molar-refractivity contribution in [2.24, 2.45) is 0 Å². The first-order chi connectivity index (χ1) is 10.5. The summed E-state index contributed by atoms with van der Waals surface area (Å²) in [6.45, 7) is 1.78. The van der Waals surface area contributed by atoms with Gasteiger partial charge in [0.05, 0.1) is 16.8 Å². The van der Waals surface area contributed by atoms with Crippen LogP contribution in [-0.4, -0.2) is 31.9 Å². The topological polar surface area (TPSA) is 85.8 Å². The lowest BCUT2D eigenvalue weighted by Crippen LogP contribution is -2.36. The van der Waals surface area contributed by atoms with E-state index in [-0.39, 0.29) is 18.7 Å². The number of esters is 1. The molecule has 8 heteroatoms. The van der Waals surface area contributed by atoms with Crippen molar-refractivity contribution in [2.45, 2.75) is 38.3 Å². The van der Waals surface area contributed by atoms with Crippen LogP contribution in [0.5, 0.6) is 0 Å². The van der Waals surface area contributed by atoms with E-state index >= 15 is 0 Å². The monoisotopic (exact) mass is 369 g/mol. The van der Waals surface area contributed by atoms with Gasteiger partial charge < -0.3 is 9.84 Å². The Morgan fingerprint density at radius 3 is 2.86 bits per heavy atom. The Bertz CT molecular complexity index is 791. The van der Waals surface area contributed by atoms with Gasteiger partial charge in [-0.05, 0) is 48.2 Å². The second kappa shape index (κ2) is 5.51. The molecule has 1 fully saturated rings. The molecule has 0 amide bonds. The maximum absolute atomic E-state index is 12.5. The largest absolute Gasteiger partial charge is 0.465 e. The number of aromatic nitrogens is 3. The summed E-state index contributed by atoms with van der Waals surface area (Å²) in [5, 5.41) is 14.7. The molecule has 22 heavy (non-hydrogen) atoms. The van der Waals surface area contributed by atoms with Gasteiger partial charge in [0.2, 0.25) is 0 Å². The minimum absolute atomic E-state index is 0.187. The predicted octanol–water partition coefficient (Wildman–Crippen LogP) is 1.19. The van der Waals surface area contributed by atoms with Crippen LogP contribution in [0.2, 0.25) is 0 Å². The molecule has 3 rings (SSSR count). The molecule has 118 valence electrons. The van der Waals surface area contributed by atoms with Gasteiger partial charge in [-0.15, -0.1) is 0 Å². The van der Waals surface area contributed by atoms with Gasteiger partial charge in [0.1, 0.15) is 24.0 Å². The average molecular weight is 370 g/mol. The van der Waals surface area contributed by atoms with Crippen LogP contribution in [-0.2, 0) is 21.7 Å². The molecule has 0 aromatic carbocycles. The normalized spacial score (nSPS) is 16.5. The van der Waals surface area contributed by atoms with Gasteiger partial charge in [-0.1, -0.05) is 0 Å². The number of nitrogens with zero attached hydrogens (tertiary/aromatic N) is 3. The molecule has 1 aliphatic rings. The molecule has 0 spiro atoms. The fraction of sp³-hybridized carbons (Fsp3) is 0.500. The Hall–Kier alpha value is -1.67. The van der Waals surface area contributed by atoms with Crippen molar-refractivity contribution in [1.82, 2.24) is 14.2 Å². The first-order valence-corrected chi connectivity index (χ1v) is 7.91. The van der Waals surface area contributed by atoms with Crippen LogP contribution in [0, 0.1) is 0 Å². The van der Waals surface area contributed by atoms with E-state index < -0.39 is 11.6 Å².